The lowest BCUT2D eigenvalue weighted by molar-refractivity contribution is 0.293. The van der Waals surface area contributed by atoms with Crippen molar-refractivity contribution in [3.05, 3.63) is 70.0 Å². The maximum absolute atomic E-state index is 6.39. The zero-order chi connectivity index (χ0) is 20.5. The Morgan fingerprint density at radius 2 is 1.83 bits per heavy atom. The fourth-order valence-electron chi connectivity index (χ4n) is 4.15. The molecule has 2 aliphatic heterocycles. The monoisotopic (exact) mass is 440 g/mol. The van der Waals surface area contributed by atoms with Gasteiger partial charge in [0, 0.05) is 26.1 Å². The zero-order valence-electron chi connectivity index (χ0n) is 16.5. The van der Waals surface area contributed by atoms with E-state index in [0.717, 1.165) is 67.5 Å². The van der Waals surface area contributed by atoms with Gasteiger partial charge in [-0.3, -0.25) is 4.90 Å². The summed E-state index contributed by atoms with van der Waals surface area (Å²) in [6.45, 7) is 4.22. The molecule has 0 unspecified atom stereocenters. The first kappa shape index (κ1) is 19.6. The molecule has 0 atom stereocenters. The van der Waals surface area contributed by atoms with Gasteiger partial charge in [-0.1, -0.05) is 53.5 Å². The number of benzene rings is 2. The molecule has 5 nitrogen and oxygen atoms in total. The average Bonchev–Trinajstić information content (AvgIpc) is 3.08. The highest BCUT2D eigenvalue weighted by molar-refractivity contribution is 6.43. The molecule has 3 aromatic rings. The van der Waals surface area contributed by atoms with Crippen LogP contribution in [0.5, 0.6) is 5.75 Å². The van der Waals surface area contributed by atoms with Crippen LogP contribution in [0.25, 0.3) is 17.0 Å². The third-order valence-electron chi connectivity index (χ3n) is 5.77. The molecule has 3 heterocycles. The van der Waals surface area contributed by atoms with E-state index in [1.165, 1.54) is 5.57 Å². The number of para-hydroxylation sites is 1. The lowest BCUT2D eigenvalue weighted by atomic mass is 9.99. The van der Waals surface area contributed by atoms with Crippen LogP contribution in [0, 0.1) is 0 Å². The van der Waals surface area contributed by atoms with Crippen LogP contribution in [0.15, 0.2) is 48.5 Å². The first-order chi connectivity index (χ1) is 14.7. The van der Waals surface area contributed by atoms with Crippen molar-refractivity contribution in [1.29, 1.82) is 0 Å². The molecule has 0 spiro atoms. The lowest BCUT2D eigenvalue weighted by Gasteiger charge is -2.26. The van der Waals surface area contributed by atoms with Crippen molar-refractivity contribution in [2.24, 2.45) is 0 Å². The van der Waals surface area contributed by atoms with Crippen molar-refractivity contribution < 1.29 is 4.74 Å². The van der Waals surface area contributed by atoms with Crippen LogP contribution >= 0.6 is 23.2 Å². The molecule has 30 heavy (non-hydrogen) atoms. The van der Waals surface area contributed by atoms with Gasteiger partial charge in [-0.05, 0) is 35.8 Å². The van der Waals surface area contributed by atoms with Gasteiger partial charge >= 0.3 is 0 Å². The third-order valence-corrected chi connectivity index (χ3v) is 6.59. The van der Waals surface area contributed by atoms with Crippen molar-refractivity contribution in [2.75, 3.05) is 26.2 Å². The second-order valence-electron chi connectivity index (χ2n) is 7.57. The second kappa shape index (κ2) is 8.42. The van der Waals surface area contributed by atoms with Gasteiger partial charge in [-0.15, -0.1) is 10.2 Å². The first-order valence-electron chi connectivity index (χ1n) is 10.2. The van der Waals surface area contributed by atoms with E-state index in [0.29, 0.717) is 16.7 Å². The van der Waals surface area contributed by atoms with Crippen molar-refractivity contribution >= 4 is 28.8 Å². The standard InChI is InChI=1S/C23H22Cl2N4O/c24-19-6-3-5-17(22(19)25)16-8-11-28(12-9-16)13-10-21-26-27-23-18-4-1-2-7-20(18)30-15-14-29(21)23/h1-8H,9-15H2. The number of rotatable bonds is 4. The minimum absolute atomic E-state index is 0.607. The molecule has 5 rings (SSSR count). The van der Waals surface area contributed by atoms with E-state index in [4.69, 9.17) is 27.9 Å². The van der Waals surface area contributed by atoms with E-state index < -0.39 is 0 Å². The summed E-state index contributed by atoms with van der Waals surface area (Å²) in [6.07, 6.45) is 4.07. The van der Waals surface area contributed by atoms with Crippen LogP contribution in [-0.4, -0.2) is 45.9 Å². The number of hydrogen-bond acceptors (Lipinski definition) is 4. The fourth-order valence-corrected chi connectivity index (χ4v) is 4.57. The molecule has 2 aromatic carbocycles. The predicted molar refractivity (Wildman–Crippen MR) is 120 cm³/mol. The van der Waals surface area contributed by atoms with Crippen LogP contribution in [0.2, 0.25) is 10.0 Å². The molecule has 0 N–H and O–H groups in total. The van der Waals surface area contributed by atoms with Crippen molar-refractivity contribution in [1.82, 2.24) is 19.7 Å². The molecule has 0 bridgehead atoms. The van der Waals surface area contributed by atoms with E-state index in [9.17, 15) is 0 Å². The Bertz CT molecular complexity index is 1110. The summed E-state index contributed by atoms with van der Waals surface area (Å²) in [7, 11) is 0. The molecule has 0 amide bonds. The summed E-state index contributed by atoms with van der Waals surface area (Å²) < 4.78 is 8.08. The van der Waals surface area contributed by atoms with E-state index in [1.54, 1.807) is 0 Å². The van der Waals surface area contributed by atoms with Gasteiger partial charge in [-0.2, -0.15) is 0 Å². The minimum Gasteiger partial charge on any atom is -0.491 e. The van der Waals surface area contributed by atoms with E-state index in [1.807, 2.05) is 42.5 Å². The van der Waals surface area contributed by atoms with Crippen molar-refractivity contribution in [3.63, 3.8) is 0 Å². The Balaban J connectivity index is 1.27. The molecule has 0 radical (unpaired) electrons. The Hall–Kier alpha value is -2.34. The molecule has 0 saturated carbocycles. The summed E-state index contributed by atoms with van der Waals surface area (Å²) in [5.74, 6) is 2.79. The van der Waals surface area contributed by atoms with Gasteiger partial charge in [0.25, 0.3) is 0 Å². The minimum atomic E-state index is 0.607. The molecular formula is C23H22Cl2N4O. The van der Waals surface area contributed by atoms with Gasteiger partial charge in [0.2, 0.25) is 0 Å². The van der Waals surface area contributed by atoms with Gasteiger partial charge in [-0.25, -0.2) is 0 Å². The van der Waals surface area contributed by atoms with E-state index >= 15 is 0 Å². The van der Waals surface area contributed by atoms with Gasteiger partial charge in [0.15, 0.2) is 5.82 Å². The summed E-state index contributed by atoms with van der Waals surface area (Å²) in [6, 6.07) is 13.9. The molecule has 7 heteroatoms. The van der Waals surface area contributed by atoms with Crippen molar-refractivity contribution in [3.8, 4) is 17.1 Å². The smallest absolute Gasteiger partial charge is 0.167 e. The molecule has 0 fully saturated rings. The van der Waals surface area contributed by atoms with Crippen LogP contribution in [0.1, 0.15) is 17.8 Å². The molecule has 0 saturated heterocycles. The molecule has 154 valence electrons. The maximum atomic E-state index is 6.39. The number of halogens is 2. The summed E-state index contributed by atoms with van der Waals surface area (Å²) in [5, 5.41) is 10.2. The molecular weight excluding hydrogens is 419 g/mol. The Morgan fingerprint density at radius 3 is 2.70 bits per heavy atom. The summed E-state index contributed by atoms with van der Waals surface area (Å²) in [4.78, 5) is 2.44. The highest BCUT2D eigenvalue weighted by atomic mass is 35.5. The van der Waals surface area contributed by atoms with Gasteiger partial charge < -0.3 is 9.30 Å². The van der Waals surface area contributed by atoms with E-state index in [2.05, 4.69) is 25.7 Å². The topological polar surface area (TPSA) is 43.2 Å². The predicted octanol–water partition coefficient (Wildman–Crippen LogP) is 4.98. The summed E-state index contributed by atoms with van der Waals surface area (Å²) in [5.41, 5.74) is 3.33. The lowest BCUT2D eigenvalue weighted by Crippen LogP contribution is -2.31. The average molecular weight is 441 g/mol. The zero-order valence-corrected chi connectivity index (χ0v) is 18.0. The van der Waals surface area contributed by atoms with Crippen molar-refractivity contribution in [2.45, 2.75) is 19.4 Å². The third kappa shape index (κ3) is 3.73. The molecule has 1 aromatic heterocycles. The van der Waals surface area contributed by atoms with Crippen LogP contribution < -0.4 is 4.74 Å². The normalized spacial score (nSPS) is 16.3. The number of aromatic nitrogens is 3. The Morgan fingerprint density at radius 1 is 0.967 bits per heavy atom. The number of nitrogens with zero attached hydrogens (tertiary/aromatic N) is 4. The number of ether oxygens (including phenoxy) is 1. The number of hydrogen-bond donors (Lipinski definition) is 0. The first-order valence-corrected chi connectivity index (χ1v) is 11.0. The summed E-state index contributed by atoms with van der Waals surface area (Å²) >= 11 is 12.6. The highest BCUT2D eigenvalue weighted by Gasteiger charge is 2.21. The SMILES string of the molecule is Clc1cccc(C2=CCN(CCc3nnc4n3CCOc3ccccc3-4)CC2)c1Cl. The Labute approximate surface area is 185 Å². The van der Waals surface area contributed by atoms with E-state index in [-0.39, 0.29) is 0 Å². The second-order valence-corrected chi connectivity index (χ2v) is 8.35. The van der Waals surface area contributed by atoms with Crippen LogP contribution in [0.3, 0.4) is 0 Å². The van der Waals surface area contributed by atoms with Gasteiger partial charge in [0.05, 0.1) is 22.2 Å². The largest absolute Gasteiger partial charge is 0.491 e. The van der Waals surface area contributed by atoms with Crippen LogP contribution in [0.4, 0.5) is 0 Å². The van der Waals surface area contributed by atoms with Gasteiger partial charge in [0.1, 0.15) is 18.2 Å². The quantitative estimate of drug-likeness (QED) is 0.573. The Kier molecular flexibility index (Phi) is 5.50. The van der Waals surface area contributed by atoms with Crippen LogP contribution in [-0.2, 0) is 13.0 Å². The maximum Gasteiger partial charge on any atom is 0.167 e. The molecule has 2 aliphatic rings. The number of fused-ring (bicyclic) bond motifs is 3. The fraction of sp³-hybridized carbons (Fsp3) is 0.304. The molecule has 0 aliphatic carbocycles. The highest BCUT2D eigenvalue weighted by Crippen LogP contribution is 2.34.